The van der Waals surface area contributed by atoms with Crippen molar-refractivity contribution in [3.8, 4) is 0 Å². The molecule has 0 aromatic rings. The first-order valence-corrected chi connectivity index (χ1v) is 27.5. The normalized spacial score (nSPS) is 20.7. The van der Waals surface area contributed by atoms with Crippen LogP contribution in [0, 0.1) is 0 Å². The summed E-state index contributed by atoms with van der Waals surface area (Å²) in [6, 6.07) is 0. The molecule has 1 aliphatic rings. The average Bonchev–Trinajstić information content (AvgIpc) is 2.85. The number of rotatable bonds is 20. The van der Waals surface area contributed by atoms with E-state index in [-0.39, 0.29) is 52.1 Å². The van der Waals surface area contributed by atoms with Crippen LogP contribution in [0.5, 0.6) is 0 Å². The van der Waals surface area contributed by atoms with Gasteiger partial charge in [0.15, 0.2) is 25.0 Å². The summed E-state index contributed by atoms with van der Waals surface area (Å²) < 4.78 is 28.1. The predicted octanol–water partition coefficient (Wildman–Crippen LogP) is 11.9. The van der Waals surface area contributed by atoms with Crippen LogP contribution >= 0.6 is 0 Å². The van der Waals surface area contributed by atoms with Gasteiger partial charge < -0.3 is 23.1 Å². The molecule has 0 unspecified atom stereocenters. The molecule has 1 rings (SSSR count). The van der Waals surface area contributed by atoms with E-state index in [9.17, 15) is 9.90 Å². The zero-order valence-electron chi connectivity index (χ0n) is 33.8. The first kappa shape index (κ1) is 44.7. The SMILES string of the molecule is CCCCCCC[C@H](C[C@H](C[C@H](C[C@@H]1C=CC[C@@H](CC(=O)O)O1)O[Si](C)(C)C(C)(C)C)O[Si](C)(C)C(C)(C)C)O[Si](C)(C)C(C)(C)C. The van der Waals surface area contributed by atoms with Crippen LogP contribution in [-0.2, 0) is 22.8 Å². The third-order valence-electron chi connectivity index (χ3n) is 11.5. The second-order valence-electron chi connectivity index (χ2n) is 19.0. The van der Waals surface area contributed by atoms with Gasteiger partial charge in [0, 0.05) is 18.6 Å². The number of hydrogen-bond donors (Lipinski definition) is 1. The molecule has 9 heteroatoms. The highest BCUT2D eigenvalue weighted by molar-refractivity contribution is 6.75. The Hall–Kier alpha value is -0.299. The standard InChI is InChI=1S/C38H78O6Si3/c1-17-18-19-20-21-23-32(42-45(11,12)36(2,3)4)27-34(44-47(15,16)38(8,9)10)28-33(43-46(13,14)37(5,6)7)26-30-24-22-25-31(41-30)29-35(39)40/h22,24,30-34H,17-21,23,25-29H2,1-16H3,(H,39,40)/t30-,31-,32+,33-,34+/m0/s1. The molecule has 47 heavy (non-hydrogen) atoms. The molecular formula is C38H78O6Si3. The molecule has 278 valence electrons. The number of carboxylic acid groups (broad SMARTS) is 1. The van der Waals surface area contributed by atoms with Crippen molar-refractivity contribution < 1.29 is 27.9 Å². The second kappa shape index (κ2) is 18.3. The molecule has 6 nitrogen and oxygen atoms in total. The van der Waals surface area contributed by atoms with Crippen LogP contribution in [-0.4, -0.2) is 66.5 Å². The van der Waals surface area contributed by atoms with E-state index in [1.165, 1.54) is 32.1 Å². The van der Waals surface area contributed by atoms with Gasteiger partial charge in [-0.25, -0.2) is 0 Å². The van der Waals surface area contributed by atoms with E-state index in [1.54, 1.807) is 0 Å². The number of carbonyl (C=O) groups is 1. The monoisotopic (exact) mass is 715 g/mol. The molecule has 1 aliphatic heterocycles. The summed E-state index contributed by atoms with van der Waals surface area (Å²) in [5.74, 6) is -0.816. The zero-order chi connectivity index (χ0) is 36.5. The quantitative estimate of drug-likeness (QED) is 0.0769. The Balaban J connectivity index is 3.50. The first-order valence-electron chi connectivity index (χ1n) is 18.8. The Labute approximate surface area is 294 Å². The highest BCUT2D eigenvalue weighted by atomic mass is 28.4. The number of hydrogen-bond acceptors (Lipinski definition) is 5. The molecule has 0 spiro atoms. The zero-order valence-corrected chi connectivity index (χ0v) is 36.8. The third-order valence-corrected chi connectivity index (χ3v) is 25.1. The van der Waals surface area contributed by atoms with Crippen LogP contribution in [0.4, 0.5) is 0 Å². The molecular weight excluding hydrogens is 637 g/mol. The summed E-state index contributed by atoms with van der Waals surface area (Å²) in [5.41, 5.74) is 0. The summed E-state index contributed by atoms with van der Waals surface area (Å²) >= 11 is 0. The van der Waals surface area contributed by atoms with Crippen molar-refractivity contribution >= 4 is 30.9 Å². The van der Waals surface area contributed by atoms with Crippen molar-refractivity contribution in [2.75, 3.05) is 0 Å². The van der Waals surface area contributed by atoms with Gasteiger partial charge in [0.1, 0.15) is 0 Å². The van der Waals surface area contributed by atoms with Gasteiger partial charge in [0.2, 0.25) is 0 Å². The van der Waals surface area contributed by atoms with E-state index in [1.807, 2.05) is 0 Å². The highest BCUT2D eigenvalue weighted by Crippen LogP contribution is 2.43. The number of ether oxygens (including phenoxy) is 1. The minimum Gasteiger partial charge on any atom is -0.481 e. The lowest BCUT2D eigenvalue weighted by atomic mass is 9.97. The molecule has 1 N–H and O–H groups in total. The smallest absolute Gasteiger partial charge is 0.305 e. The van der Waals surface area contributed by atoms with Crippen molar-refractivity contribution in [1.29, 1.82) is 0 Å². The summed E-state index contributed by atoms with van der Waals surface area (Å²) in [4.78, 5) is 11.5. The van der Waals surface area contributed by atoms with Crippen LogP contribution in [0.15, 0.2) is 12.2 Å². The predicted molar refractivity (Wildman–Crippen MR) is 208 cm³/mol. The van der Waals surface area contributed by atoms with Crippen LogP contribution in [0.2, 0.25) is 54.4 Å². The number of unbranched alkanes of at least 4 members (excludes halogenated alkanes) is 4. The molecule has 0 aromatic heterocycles. The fraction of sp³-hybridized carbons (Fsp3) is 0.921. The van der Waals surface area contributed by atoms with Gasteiger partial charge in [-0.05, 0) is 80.1 Å². The van der Waals surface area contributed by atoms with Gasteiger partial charge in [-0.1, -0.05) is 113 Å². The second-order valence-corrected chi connectivity index (χ2v) is 33.2. The molecule has 0 aromatic carbocycles. The average molecular weight is 715 g/mol. The summed E-state index contributed by atoms with van der Waals surface area (Å²) in [6.07, 6.45) is 14.1. The van der Waals surface area contributed by atoms with Crippen molar-refractivity contribution in [1.82, 2.24) is 0 Å². The van der Waals surface area contributed by atoms with E-state index < -0.39 is 30.9 Å². The Kier molecular flexibility index (Phi) is 17.4. The van der Waals surface area contributed by atoms with E-state index in [0.29, 0.717) is 12.8 Å². The van der Waals surface area contributed by atoms with Crippen molar-refractivity contribution in [3.05, 3.63) is 12.2 Å². The highest BCUT2D eigenvalue weighted by Gasteiger charge is 2.44. The van der Waals surface area contributed by atoms with Gasteiger partial charge in [0.25, 0.3) is 0 Å². The Morgan fingerprint density at radius 1 is 0.745 bits per heavy atom. The maximum absolute atomic E-state index is 11.5. The molecule has 1 heterocycles. The minimum absolute atomic E-state index is 0.00143. The molecule has 0 fully saturated rings. The topological polar surface area (TPSA) is 74.2 Å². The van der Waals surface area contributed by atoms with Crippen molar-refractivity contribution in [2.24, 2.45) is 0 Å². The lowest BCUT2D eigenvalue weighted by Crippen LogP contribution is -2.49. The summed E-state index contributed by atoms with van der Waals surface area (Å²) in [5, 5.41) is 9.71. The fourth-order valence-corrected chi connectivity index (χ4v) is 9.56. The van der Waals surface area contributed by atoms with Crippen LogP contribution in [0.3, 0.4) is 0 Å². The molecule has 0 bridgehead atoms. The van der Waals surface area contributed by atoms with Gasteiger partial charge in [-0.3, -0.25) is 4.79 Å². The minimum atomic E-state index is -2.14. The van der Waals surface area contributed by atoms with Crippen molar-refractivity contribution in [2.45, 2.75) is 225 Å². The van der Waals surface area contributed by atoms with Crippen molar-refractivity contribution in [3.63, 3.8) is 0 Å². The lowest BCUT2D eigenvalue weighted by Gasteiger charge is -2.45. The molecule has 0 amide bonds. The summed E-state index contributed by atoms with van der Waals surface area (Å²) in [7, 11) is -6.27. The third kappa shape index (κ3) is 15.6. The maximum atomic E-state index is 11.5. The first-order chi connectivity index (χ1) is 21.2. The van der Waals surface area contributed by atoms with E-state index >= 15 is 0 Å². The lowest BCUT2D eigenvalue weighted by molar-refractivity contribution is -0.141. The van der Waals surface area contributed by atoms with Gasteiger partial charge in [0.05, 0.1) is 24.7 Å². The Morgan fingerprint density at radius 2 is 1.19 bits per heavy atom. The van der Waals surface area contributed by atoms with Gasteiger partial charge in [-0.15, -0.1) is 0 Å². The van der Waals surface area contributed by atoms with Gasteiger partial charge in [-0.2, -0.15) is 0 Å². The Morgan fingerprint density at radius 3 is 1.66 bits per heavy atom. The van der Waals surface area contributed by atoms with E-state index in [2.05, 4.69) is 121 Å². The fourth-order valence-electron chi connectivity index (χ4n) is 5.40. The van der Waals surface area contributed by atoms with E-state index in [0.717, 1.165) is 19.3 Å². The molecule has 0 aliphatic carbocycles. The van der Waals surface area contributed by atoms with Gasteiger partial charge >= 0.3 is 5.97 Å². The van der Waals surface area contributed by atoms with Crippen LogP contribution in [0.25, 0.3) is 0 Å². The van der Waals surface area contributed by atoms with Crippen LogP contribution in [0.1, 0.15) is 140 Å². The Bertz CT molecular complexity index is 958. The number of aliphatic carboxylic acids is 1. The molecule has 0 radical (unpaired) electrons. The largest absolute Gasteiger partial charge is 0.481 e. The van der Waals surface area contributed by atoms with E-state index in [4.69, 9.17) is 18.0 Å². The molecule has 0 saturated carbocycles. The maximum Gasteiger partial charge on any atom is 0.305 e. The summed E-state index contributed by atoms with van der Waals surface area (Å²) in [6.45, 7) is 37.2. The number of carboxylic acids is 1. The van der Waals surface area contributed by atoms with Crippen LogP contribution < -0.4 is 0 Å². The molecule has 0 saturated heterocycles. The molecule has 5 atom stereocenters.